The fourth-order valence-corrected chi connectivity index (χ4v) is 5.55. The highest BCUT2D eigenvalue weighted by atomic mass is 79.9. The molecule has 1 radical (unpaired) electrons. The van der Waals surface area contributed by atoms with Gasteiger partial charge in [0.1, 0.15) is 11.6 Å². The molecule has 1 aliphatic heterocycles. The lowest BCUT2D eigenvalue weighted by atomic mass is 10.0. The van der Waals surface area contributed by atoms with Crippen LogP contribution >= 0.6 is 15.9 Å². The molecule has 5 heteroatoms. The molecule has 1 nitrogen and oxygen atoms in total. The maximum atomic E-state index is 14.1. The summed E-state index contributed by atoms with van der Waals surface area (Å²) in [5.74, 6) is -0.968. The van der Waals surface area contributed by atoms with Crippen LogP contribution in [0.1, 0.15) is 19.4 Å². The summed E-state index contributed by atoms with van der Waals surface area (Å²) >= 11 is 2.98. The van der Waals surface area contributed by atoms with Gasteiger partial charge in [-0.1, -0.05) is 25.9 Å². The Balaban J connectivity index is 2.31. The molecule has 0 spiro atoms. The van der Waals surface area contributed by atoms with Crippen LogP contribution in [0.2, 0.25) is 17.6 Å². The molecular formula is C13H17BrF2NSi. The lowest BCUT2D eigenvalue weighted by Crippen LogP contribution is -2.31. The topological polar surface area (TPSA) is 12.0 Å². The maximum absolute atomic E-state index is 14.1. The van der Waals surface area contributed by atoms with Crippen molar-refractivity contribution in [2.45, 2.75) is 37.9 Å². The van der Waals surface area contributed by atoms with E-state index < -0.39 is 20.4 Å². The van der Waals surface area contributed by atoms with Crippen LogP contribution in [-0.2, 0) is 6.42 Å². The molecule has 0 aromatic heterocycles. The number of rotatable bonds is 3. The van der Waals surface area contributed by atoms with Crippen molar-refractivity contribution in [3.05, 3.63) is 27.7 Å². The van der Waals surface area contributed by atoms with Gasteiger partial charge in [0.15, 0.2) is 0 Å². The summed E-state index contributed by atoms with van der Waals surface area (Å²) in [7, 11) is -0.443. The van der Waals surface area contributed by atoms with E-state index in [-0.39, 0.29) is 4.47 Å². The van der Waals surface area contributed by atoms with Crippen LogP contribution in [0.4, 0.5) is 14.5 Å². The van der Waals surface area contributed by atoms with Gasteiger partial charge in [-0.2, -0.15) is 0 Å². The normalized spacial score (nSPS) is 18.7. The second kappa shape index (κ2) is 5.69. The lowest BCUT2D eigenvalue weighted by Gasteiger charge is -2.31. The smallest absolute Gasteiger partial charge is 0.145 e. The number of nitrogens with one attached hydrogen (secondary N) is 1. The molecule has 1 aliphatic rings. The second-order valence-electron chi connectivity index (χ2n) is 4.66. The van der Waals surface area contributed by atoms with Gasteiger partial charge in [-0.25, -0.2) is 8.78 Å². The van der Waals surface area contributed by atoms with Crippen molar-refractivity contribution in [3.63, 3.8) is 0 Å². The van der Waals surface area contributed by atoms with Gasteiger partial charge in [0.05, 0.1) is 13.3 Å². The Morgan fingerprint density at radius 3 is 2.67 bits per heavy atom. The van der Waals surface area contributed by atoms with Gasteiger partial charge in [0, 0.05) is 17.8 Å². The van der Waals surface area contributed by atoms with Crippen molar-refractivity contribution in [2.75, 3.05) is 11.9 Å². The Kier molecular flexibility index (Phi) is 4.43. The van der Waals surface area contributed by atoms with Crippen molar-refractivity contribution < 1.29 is 8.78 Å². The second-order valence-corrected chi connectivity index (χ2v) is 9.00. The van der Waals surface area contributed by atoms with Crippen LogP contribution in [0, 0.1) is 11.6 Å². The van der Waals surface area contributed by atoms with Crippen LogP contribution in [0.5, 0.6) is 0 Å². The molecule has 0 aliphatic carbocycles. The molecule has 0 bridgehead atoms. The molecular weight excluding hydrogens is 316 g/mol. The first-order valence-electron chi connectivity index (χ1n) is 6.33. The monoisotopic (exact) mass is 332 g/mol. The molecule has 99 valence electrons. The maximum Gasteiger partial charge on any atom is 0.145 e. The van der Waals surface area contributed by atoms with Crippen molar-refractivity contribution in [3.8, 4) is 0 Å². The fraction of sp³-hybridized carbons (Fsp3) is 0.538. The zero-order chi connectivity index (χ0) is 13.3. The number of hydrogen-bond donors (Lipinski definition) is 1. The highest BCUT2D eigenvalue weighted by molar-refractivity contribution is 9.10. The van der Waals surface area contributed by atoms with Crippen molar-refractivity contribution in [1.82, 2.24) is 0 Å². The molecule has 1 unspecified atom stereocenters. The highest BCUT2D eigenvalue weighted by Crippen LogP contribution is 2.36. The Morgan fingerprint density at radius 2 is 2.06 bits per heavy atom. The number of fused-ring (bicyclic) bond motifs is 1. The van der Waals surface area contributed by atoms with Gasteiger partial charge in [-0.05, 0) is 34.0 Å². The van der Waals surface area contributed by atoms with Gasteiger partial charge in [-0.15, -0.1) is 0 Å². The largest absolute Gasteiger partial charge is 0.385 e. The summed E-state index contributed by atoms with van der Waals surface area (Å²) in [5, 5.41) is 3.20. The molecule has 2 rings (SSSR count). The summed E-state index contributed by atoms with van der Waals surface area (Å²) in [6.45, 7) is 5.28. The Hall–Kier alpha value is -0.423. The van der Waals surface area contributed by atoms with Crippen molar-refractivity contribution in [2.24, 2.45) is 0 Å². The molecule has 0 saturated carbocycles. The van der Waals surface area contributed by atoms with Crippen molar-refractivity contribution >= 4 is 30.4 Å². The first-order valence-corrected chi connectivity index (χ1v) is 9.11. The average Bonchev–Trinajstić information content (AvgIpc) is 2.38. The zero-order valence-electron chi connectivity index (χ0n) is 10.6. The van der Waals surface area contributed by atoms with E-state index in [4.69, 9.17) is 0 Å². The minimum atomic E-state index is -0.534. The lowest BCUT2D eigenvalue weighted by molar-refractivity contribution is 0.555. The predicted octanol–water partition coefficient (Wildman–Crippen LogP) is 4.60. The molecule has 1 atom stereocenters. The molecule has 0 fully saturated rings. The quantitative estimate of drug-likeness (QED) is 0.630. The third kappa shape index (κ3) is 2.47. The predicted molar refractivity (Wildman–Crippen MR) is 76.7 cm³/mol. The molecule has 1 aromatic rings. The molecule has 0 amide bonds. The first kappa shape index (κ1) is 14.0. The molecule has 1 aromatic carbocycles. The minimum absolute atomic E-state index is 0.0366. The van der Waals surface area contributed by atoms with Crippen LogP contribution < -0.4 is 5.32 Å². The summed E-state index contributed by atoms with van der Waals surface area (Å²) < 4.78 is 27.5. The summed E-state index contributed by atoms with van der Waals surface area (Å²) in [5.41, 5.74) is 1.80. The number of hydrogen-bond acceptors (Lipinski definition) is 1. The average molecular weight is 333 g/mol. The van der Waals surface area contributed by atoms with E-state index in [0.717, 1.165) is 13.0 Å². The van der Waals surface area contributed by atoms with Crippen LogP contribution in [0.25, 0.3) is 0 Å². The van der Waals surface area contributed by atoms with Gasteiger partial charge >= 0.3 is 0 Å². The van der Waals surface area contributed by atoms with Gasteiger partial charge in [0.25, 0.3) is 0 Å². The van der Waals surface area contributed by atoms with E-state index in [1.54, 1.807) is 0 Å². The van der Waals surface area contributed by atoms with Crippen LogP contribution in [0.3, 0.4) is 0 Å². The number of benzene rings is 1. The standard InChI is InChI=1S/C13H17BrF2NSi/c1-3-18(4-2)8-5-9-11(17-7-8)6-10(15)12(14)13(9)16/h6,8,17H,3-5,7H2,1-2H3. The SMILES string of the molecule is CC[Si](CC)C1CNc2cc(F)c(Br)c(F)c2C1. The highest BCUT2D eigenvalue weighted by Gasteiger charge is 2.28. The van der Waals surface area contributed by atoms with Gasteiger partial charge in [-0.3, -0.25) is 0 Å². The Labute approximate surface area is 117 Å². The molecule has 1 heterocycles. The van der Waals surface area contributed by atoms with Crippen LogP contribution in [-0.4, -0.2) is 15.3 Å². The van der Waals surface area contributed by atoms with Gasteiger partial charge in [0.2, 0.25) is 0 Å². The number of anilines is 1. The summed E-state index contributed by atoms with van der Waals surface area (Å²) in [6.07, 6.45) is 0.739. The third-order valence-electron chi connectivity index (χ3n) is 3.74. The van der Waals surface area contributed by atoms with E-state index in [9.17, 15) is 8.78 Å². The number of halogens is 3. The van der Waals surface area contributed by atoms with Crippen molar-refractivity contribution in [1.29, 1.82) is 0 Å². The minimum Gasteiger partial charge on any atom is -0.385 e. The molecule has 0 saturated heterocycles. The fourth-order valence-electron chi connectivity index (χ4n) is 2.66. The molecule has 18 heavy (non-hydrogen) atoms. The van der Waals surface area contributed by atoms with E-state index in [0.29, 0.717) is 16.8 Å². The van der Waals surface area contributed by atoms with Crippen LogP contribution in [0.15, 0.2) is 10.5 Å². The van der Waals surface area contributed by atoms with Gasteiger partial charge < -0.3 is 5.32 Å². The van der Waals surface area contributed by atoms with E-state index >= 15 is 0 Å². The molecule has 1 N–H and O–H groups in total. The van der Waals surface area contributed by atoms with E-state index in [1.165, 1.54) is 18.2 Å². The van der Waals surface area contributed by atoms with E-state index in [1.807, 2.05) is 0 Å². The third-order valence-corrected chi connectivity index (χ3v) is 7.84. The Morgan fingerprint density at radius 1 is 1.39 bits per heavy atom. The first-order chi connectivity index (χ1) is 8.58. The summed E-state index contributed by atoms with van der Waals surface area (Å²) in [6, 6.07) is 3.79. The zero-order valence-corrected chi connectivity index (χ0v) is 13.2. The Bertz CT molecular complexity index is 449. The van der Waals surface area contributed by atoms with E-state index in [2.05, 4.69) is 35.1 Å². The summed E-state index contributed by atoms with van der Waals surface area (Å²) in [4.78, 5) is 0.